The summed E-state index contributed by atoms with van der Waals surface area (Å²) in [5.41, 5.74) is 5.72. The Morgan fingerprint density at radius 2 is 2.04 bits per heavy atom. The van der Waals surface area contributed by atoms with Crippen molar-refractivity contribution in [3.63, 3.8) is 0 Å². The number of nitrogens with two attached hydrogens (primary N) is 1. The molecular weight excluding hydrogens is 543 g/mol. The normalized spacial score (nSPS) is 12.1. The Kier molecular flexibility index (Phi) is 5.84. The summed E-state index contributed by atoms with van der Waals surface area (Å²) in [6, 6.07) is 0. The molecule has 0 saturated carbocycles. The Hall–Kier alpha value is -2.34. The predicted octanol–water partition coefficient (Wildman–Crippen LogP) is -1.41. The van der Waals surface area contributed by atoms with E-state index in [1.807, 2.05) is 2.33 Å². The SMILES string of the molecule is COC(CNc1ncnc(N)n1)[CH2][Hg][n]1cnc2c1c(=O)n(C)c(=O)n2C. The fraction of sp³-hybridized carbons (Fsp3) is 0.429. The first-order valence-corrected chi connectivity index (χ1v) is 14.6. The van der Waals surface area contributed by atoms with E-state index in [1.165, 1.54) is 17.9 Å². The summed E-state index contributed by atoms with van der Waals surface area (Å²) >= 11 is -1.80. The van der Waals surface area contributed by atoms with Crippen LogP contribution < -0.4 is 22.3 Å². The molecule has 0 saturated heterocycles. The van der Waals surface area contributed by atoms with E-state index in [1.54, 1.807) is 20.5 Å². The van der Waals surface area contributed by atoms with E-state index in [9.17, 15) is 9.59 Å². The number of hydrogen-bond acceptors (Lipinski definition) is 9. The van der Waals surface area contributed by atoms with E-state index in [0.717, 1.165) is 8.50 Å². The molecule has 3 N–H and O–H groups in total. The average Bonchev–Trinajstić information content (AvgIpc) is 3.09. The summed E-state index contributed by atoms with van der Waals surface area (Å²) in [5, 5.41) is 3.07. The van der Waals surface area contributed by atoms with Gasteiger partial charge in [-0.2, -0.15) is 0 Å². The molecule has 1 unspecified atom stereocenters. The number of hydrogen-bond donors (Lipinski definition) is 2. The van der Waals surface area contributed by atoms with E-state index >= 15 is 0 Å². The van der Waals surface area contributed by atoms with Gasteiger partial charge >= 0.3 is 166 Å². The van der Waals surface area contributed by atoms with Crippen LogP contribution in [0.4, 0.5) is 11.9 Å². The minimum atomic E-state index is -1.80. The summed E-state index contributed by atoms with van der Waals surface area (Å²) in [5.74, 6) is 0.533. The topological polar surface area (TPSA) is 148 Å². The molecule has 0 spiro atoms. The molecule has 3 aromatic rings. The van der Waals surface area contributed by atoms with Gasteiger partial charge in [0.1, 0.15) is 0 Å². The van der Waals surface area contributed by atoms with Gasteiger partial charge in [-0.05, 0) is 0 Å². The van der Waals surface area contributed by atoms with E-state index in [-0.39, 0.29) is 23.3 Å². The van der Waals surface area contributed by atoms with Gasteiger partial charge in [-0.15, -0.1) is 0 Å². The summed E-state index contributed by atoms with van der Waals surface area (Å²) in [6.07, 6.45) is 2.92. The predicted molar refractivity (Wildman–Crippen MR) is 93.9 cm³/mol. The Morgan fingerprint density at radius 1 is 1.26 bits per heavy atom. The maximum atomic E-state index is 12.5. The van der Waals surface area contributed by atoms with Crippen molar-refractivity contribution in [3.8, 4) is 0 Å². The molecule has 12 nitrogen and oxygen atoms in total. The van der Waals surface area contributed by atoms with Gasteiger partial charge in [-0.25, -0.2) is 0 Å². The van der Waals surface area contributed by atoms with Crippen molar-refractivity contribution in [1.82, 2.24) is 31.4 Å². The van der Waals surface area contributed by atoms with E-state index in [0.29, 0.717) is 23.7 Å². The number of nitrogens with one attached hydrogen (secondary N) is 1. The van der Waals surface area contributed by atoms with Crippen LogP contribution in [-0.4, -0.2) is 51.2 Å². The van der Waals surface area contributed by atoms with Crippen molar-refractivity contribution in [2.24, 2.45) is 14.1 Å². The van der Waals surface area contributed by atoms with Crippen LogP contribution in [-0.2, 0) is 43.7 Å². The second kappa shape index (κ2) is 8.13. The van der Waals surface area contributed by atoms with Gasteiger partial charge in [0.15, 0.2) is 0 Å². The van der Waals surface area contributed by atoms with Crippen molar-refractivity contribution in [2.45, 2.75) is 10.0 Å². The molecule has 0 aromatic carbocycles. The number of ether oxygens (including phenoxy) is 1. The number of rotatable bonds is 7. The van der Waals surface area contributed by atoms with Crippen LogP contribution >= 0.6 is 0 Å². The van der Waals surface area contributed by atoms with Crippen LogP contribution in [0.1, 0.15) is 0 Å². The number of fused-ring (bicyclic) bond motifs is 1. The van der Waals surface area contributed by atoms with E-state index < -0.39 is 24.9 Å². The van der Waals surface area contributed by atoms with Crippen LogP contribution in [0, 0.1) is 0 Å². The fourth-order valence-electron chi connectivity index (χ4n) is 2.75. The molecule has 27 heavy (non-hydrogen) atoms. The zero-order valence-corrected chi connectivity index (χ0v) is 20.8. The molecule has 0 radical (unpaired) electrons. The Morgan fingerprint density at radius 3 is 2.74 bits per heavy atom. The Balaban J connectivity index is 1.73. The standard InChI is InChI=1S/C7H12N5O.C7H8N4O2.Hg/c1-5(13-2)3-9-7-11-4-10-6(8)12-7;1-10-5-4(8-3-9-5)6(12)11(2)7(10)13;/h4-5H,1,3H2,2H3,(H3,8,9,10,11,12);3H,1-2H3,(H,8,9,12);/q;;+1/p-1. The van der Waals surface area contributed by atoms with Crippen molar-refractivity contribution in [3.05, 3.63) is 33.5 Å². The molecule has 3 rings (SSSR count). The maximum absolute atomic E-state index is 12.5. The van der Waals surface area contributed by atoms with Gasteiger partial charge in [0.2, 0.25) is 0 Å². The number of aryl methyl sites for hydroxylation is 1. The summed E-state index contributed by atoms with van der Waals surface area (Å²) in [6.45, 7) is 0.503. The number of aromatic nitrogens is 7. The number of methoxy groups -OCH3 is 1. The third-order valence-electron chi connectivity index (χ3n) is 4.32. The van der Waals surface area contributed by atoms with E-state index in [4.69, 9.17) is 10.5 Å². The first-order valence-electron chi connectivity index (χ1n) is 8.24. The Labute approximate surface area is 166 Å². The molecule has 140 valence electrons. The van der Waals surface area contributed by atoms with Crippen molar-refractivity contribution >= 4 is 23.1 Å². The van der Waals surface area contributed by atoms with Crippen molar-refractivity contribution in [2.75, 3.05) is 24.7 Å². The monoisotopic (exact) mass is 563 g/mol. The fourth-order valence-corrected chi connectivity index (χ4v) is 9.37. The number of imidazole rings is 1. The number of nitrogens with zero attached hydrogens (tertiary/aromatic N) is 7. The van der Waals surface area contributed by atoms with Crippen LogP contribution in [0.5, 0.6) is 0 Å². The number of nitrogen functional groups attached to an aromatic ring is 1. The zero-order chi connectivity index (χ0) is 19.6. The van der Waals surface area contributed by atoms with Gasteiger partial charge in [-0.3, -0.25) is 0 Å². The second-order valence-electron chi connectivity index (χ2n) is 6.01. The first kappa shape index (κ1) is 19.4. The van der Waals surface area contributed by atoms with Crippen LogP contribution in [0.2, 0.25) is 3.93 Å². The second-order valence-corrected chi connectivity index (χ2v) is 12.6. The van der Waals surface area contributed by atoms with Crippen molar-refractivity contribution < 1.29 is 29.6 Å². The molecule has 1 atom stereocenters. The quantitative estimate of drug-likeness (QED) is 0.332. The summed E-state index contributed by atoms with van der Waals surface area (Å²) in [4.78, 5) is 40.5. The molecule has 0 amide bonds. The van der Waals surface area contributed by atoms with Gasteiger partial charge < -0.3 is 0 Å². The molecule has 0 aliphatic heterocycles. The van der Waals surface area contributed by atoms with Crippen LogP contribution in [0.3, 0.4) is 0 Å². The van der Waals surface area contributed by atoms with Gasteiger partial charge in [0, 0.05) is 0 Å². The molecule has 3 aromatic heterocycles. The molecule has 0 bridgehead atoms. The van der Waals surface area contributed by atoms with Gasteiger partial charge in [0.05, 0.1) is 0 Å². The molecule has 0 aliphatic carbocycles. The third kappa shape index (κ3) is 4.00. The van der Waals surface area contributed by atoms with E-state index in [2.05, 4.69) is 25.3 Å². The minimum absolute atomic E-state index is 0.0708. The number of anilines is 2. The average molecular weight is 562 g/mol. The third-order valence-corrected chi connectivity index (χ3v) is 11.6. The first-order chi connectivity index (χ1) is 12.9. The molecule has 0 aliphatic rings. The van der Waals surface area contributed by atoms with Crippen LogP contribution in [0.25, 0.3) is 11.2 Å². The summed E-state index contributed by atoms with van der Waals surface area (Å²) < 4.78 is 10.8. The molecule has 3 heterocycles. The molecule has 13 heteroatoms. The van der Waals surface area contributed by atoms with Crippen LogP contribution in [0.15, 0.2) is 22.2 Å². The van der Waals surface area contributed by atoms with Gasteiger partial charge in [0.25, 0.3) is 0 Å². The summed E-state index contributed by atoms with van der Waals surface area (Å²) in [7, 11) is 4.72. The molecule has 0 fully saturated rings. The molecular formula is C14H19HgN9O3. The zero-order valence-electron chi connectivity index (χ0n) is 15.3. The van der Waals surface area contributed by atoms with Crippen molar-refractivity contribution in [1.29, 1.82) is 0 Å². The van der Waals surface area contributed by atoms with Gasteiger partial charge in [-0.1, -0.05) is 0 Å². The Bertz CT molecular complexity index is 1070.